The van der Waals surface area contributed by atoms with Crippen molar-refractivity contribution in [2.75, 3.05) is 13.1 Å². The minimum Gasteiger partial charge on any atom is -0.311 e. The lowest BCUT2D eigenvalue weighted by molar-refractivity contribution is 0.109. The van der Waals surface area contributed by atoms with E-state index in [1.54, 1.807) is 0 Å². The van der Waals surface area contributed by atoms with Gasteiger partial charge < -0.3 is 5.32 Å². The summed E-state index contributed by atoms with van der Waals surface area (Å²) < 4.78 is 1.93. The molecule has 1 N–H and O–H groups in total. The van der Waals surface area contributed by atoms with Gasteiger partial charge in [0, 0.05) is 38.8 Å². The molecule has 5 heteroatoms. The minimum atomic E-state index is 0.583. The van der Waals surface area contributed by atoms with Gasteiger partial charge in [-0.05, 0) is 25.7 Å². The smallest absolute Gasteiger partial charge is 0.0860 e. The van der Waals surface area contributed by atoms with Crippen molar-refractivity contribution in [2.45, 2.75) is 59.2 Å². The number of hydrogen-bond donors (Lipinski definition) is 1. The third-order valence-corrected chi connectivity index (χ3v) is 4.95. The van der Waals surface area contributed by atoms with Crippen molar-refractivity contribution in [3.63, 3.8) is 0 Å². The van der Waals surface area contributed by atoms with Crippen LogP contribution >= 0.6 is 11.6 Å². The summed E-state index contributed by atoms with van der Waals surface area (Å²) in [5.41, 5.74) is 2.06. The zero-order chi connectivity index (χ0) is 15.6. The molecule has 0 saturated carbocycles. The minimum absolute atomic E-state index is 0.583. The van der Waals surface area contributed by atoms with Crippen molar-refractivity contribution in [3.05, 3.63) is 16.4 Å². The van der Waals surface area contributed by atoms with E-state index in [9.17, 15) is 0 Å². The molecule has 21 heavy (non-hydrogen) atoms. The second kappa shape index (κ2) is 7.12. The van der Waals surface area contributed by atoms with Gasteiger partial charge >= 0.3 is 0 Å². The lowest BCUT2D eigenvalue weighted by Gasteiger charge is -2.40. The van der Waals surface area contributed by atoms with Crippen LogP contribution in [-0.4, -0.2) is 39.9 Å². The Labute approximate surface area is 133 Å². The molecule has 2 atom stereocenters. The van der Waals surface area contributed by atoms with Gasteiger partial charge in [0.1, 0.15) is 0 Å². The highest BCUT2D eigenvalue weighted by atomic mass is 35.5. The van der Waals surface area contributed by atoms with Crippen LogP contribution in [0.2, 0.25) is 5.02 Å². The SMILES string of the molecule is CCC1CNC(CC(C)C)CN1Cc1c(Cl)c(C)nn1C. The van der Waals surface area contributed by atoms with Crippen LogP contribution < -0.4 is 5.32 Å². The van der Waals surface area contributed by atoms with Crippen LogP contribution in [0.3, 0.4) is 0 Å². The highest BCUT2D eigenvalue weighted by Gasteiger charge is 2.28. The molecule has 2 rings (SSSR count). The van der Waals surface area contributed by atoms with E-state index in [0.29, 0.717) is 12.1 Å². The predicted octanol–water partition coefficient (Wildman–Crippen LogP) is 2.98. The number of rotatable bonds is 5. The van der Waals surface area contributed by atoms with E-state index >= 15 is 0 Å². The number of aromatic nitrogens is 2. The zero-order valence-corrected chi connectivity index (χ0v) is 14.7. The van der Waals surface area contributed by atoms with Crippen molar-refractivity contribution in [1.82, 2.24) is 20.0 Å². The van der Waals surface area contributed by atoms with Crippen LogP contribution in [0.5, 0.6) is 0 Å². The quantitative estimate of drug-likeness (QED) is 0.907. The average Bonchev–Trinajstić information content (AvgIpc) is 2.65. The number of piperazine rings is 1. The van der Waals surface area contributed by atoms with E-state index < -0.39 is 0 Å². The van der Waals surface area contributed by atoms with Gasteiger partial charge in [-0.15, -0.1) is 0 Å². The third kappa shape index (κ3) is 3.99. The second-order valence-corrected chi connectivity index (χ2v) is 7.07. The molecule has 1 aromatic heterocycles. The Balaban J connectivity index is 2.10. The molecule has 1 aliphatic rings. The van der Waals surface area contributed by atoms with Crippen molar-refractivity contribution < 1.29 is 0 Å². The van der Waals surface area contributed by atoms with E-state index in [1.807, 2.05) is 18.7 Å². The molecular formula is C16H29ClN4. The van der Waals surface area contributed by atoms with Crippen LogP contribution in [0.4, 0.5) is 0 Å². The number of aryl methyl sites for hydroxylation is 2. The summed E-state index contributed by atoms with van der Waals surface area (Å²) in [5.74, 6) is 0.727. The molecule has 1 saturated heterocycles. The summed E-state index contributed by atoms with van der Waals surface area (Å²) in [6.07, 6.45) is 2.39. The fourth-order valence-corrected chi connectivity index (χ4v) is 3.52. The predicted molar refractivity (Wildman–Crippen MR) is 88.7 cm³/mol. The molecule has 2 unspecified atom stereocenters. The van der Waals surface area contributed by atoms with E-state index in [0.717, 1.165) is 48.4 Å². The van der Waals surface area contributed by atoms with Crippen molar-refractivity contribution in [2.24, 2.45) is 13.0 Å². The van der Waals surface area contributed by atoms with Crippen molar-refractivity contribution in [3.8, 4) is 0 Å². The molecule has 0 bridgehead atoms. The van der Waals surface area contributed by atoms with E-state index in [2.05, 4.69) is 36.1 Å². The van der Waals surface area contributed by atoms with E-state index in [-0.39, 0.29) is 0 Å². The summed E-state index contributed by atoms with van der Waals surface area (Å²) in [5, 5.41) is 8.97. The fourth-order valence-electron chi connectivity index (χ4n) is 3.30. The Morgan fingerprint density at radius 3 is 2.67 bits per heavy atom. The standard InChI is InChI=1S/C16H29ClN4/c1-6-14-8-18-13(7-11(2)3)9-21(14)10-15-16(17)12(4)19-20(15)5/h11,13-14,18H,6-10H2,1-5H3. The zero-order valence-electron chi connectivity index (χ0n) is 14.0. The molecule has 0 aliphatic carbocycles. The largest absolute Gasteiger partial charge is 0.311 e. The summed E-state index contributed by atoms with van der Waals surface area (Å²) in [7, 11) is 1.99. The average molecular weight is 313 g/mol. The highest BCUT2D eigenvalue weighted by molar-refractivity contribution is 6.31. The summed E-state index contributed by atoms with van der Waals surface area (Å²) in [6.45, 7) is 11.9. The first-order valence-corrected chi connectivity index (χ1v) is 8.45. The molecule has 4 nitrogen and oxygen atoms in total. The topological polar surface area (TPSA) is 33.1 Å². The maximum Gasteiger partial charge on any atom is 0.0860 e. The van der Waals surface area contributed by atoms with Crippen molar-refractivity contribution >= 4 is 11.6 Å². The normalized spacial score (nSPS) is 24.0. The van der Waals surface area contributed by atoms with Crippen LogP contribution in [-0.2, 0) is 13.6 Å². The van der Waals surface area contributed by atoms with Crippen LogP contribution in [0.1, 0.15) is 45.0 Å². The molecular weight excluding hydrogens is 284 g/mol. The van der Waals surface area contributed by atoms with E-state index in [1.165, 1.54) is 6.42 Å². The van der Waals surface area contributed by atoms with Gasteiger partial charge in [-0.25, -0.2) is 0 Å². The molecule has 120 valence electrons. The molecule has 1 fully saturated rings. The Bertz CT molecular complexity index is 469. The Kier molecular flexibility index (Phi) is 5.69. The van der Waals surface area contributed by atoms with Gasteiger partial charge in [0.15, 0.2) is 0 Å². The third-order valence-electron chi connectivity index (χ3n) is 4.46. The first-order valence-electron chi connectivity index (χ1n) is 8.07. The summed E-state index contributed by atoms with van der Waals surface area (Å²) in [4.78, 5) is 2.58. The molecule has 0 amide bonds. The van der Waals surface area contributed by atoms with Crippen LogP contribution in [0.25, 0.3) is 0 Å². The fraction of sp³-hybridized carbons (Fsp3) is 0.812. The first-order chi connectivity index (χ1) is 9.92. The number of nitrogens with zero attached hydrogens (tertiary/aromatic N) is 3. The van der Waals surface area contributed by atoms with Gasteiger partial charge in [-0.2, -0.15) is 5.10 Å². The van der Waals surface area contributed by atoms with Gasteiger partial charge in [-0.1, -0.05) is 32.4 Å². The Hall–Kier alpha value is -0.580. The second-order valence-electron chi connectivity index (χ2n) is 6.70. The lowest BCUT2D eigenvalue weighted by Crippen LogP contribution is -2.56. The maximum absolute atomic E-state index is 6.42. The van der Waals surface area contributed by atoms with E-state index in [4.69, 9.17) is 11.6 Å². The number of nitrogens with one attached hydrogen (secondary N) is 1. The lowest BCUT2D eigenvalue weighted by atomic mass is 9.99. The Morgan fingerprint density at radius 2 is 2.14 bits per heavy atom. The summed E-state index contributed by atoms with van der Waals surface area (Å²) >= 11 is 6.42. The number of hydrogen-bond acceptors (Lipinski definition) is 3. The Morgan fingerprint density at radius 1 is 1.43 bits per heavy atom. The molecule has 1 aliphatic heterocycles. The van der Waals surface area contributed by atoms with Gasteiger partial charge in [0.05, 0.1) is 16.4 Å². The molecule has 0 radical (unpaired) electrons. The van der Waals surface area contributed by atoms with Crippen molar-refractivity contribution in [1.29, 1.82) is 0 Å². The van der Waals surface area contributed by atoms with Gasteiger partial charge in [0.2, 0.25) is 0 Å². The molecule has 0 aromatic carbocycles. The molecule has 2 heterocycles. The highest BCUT2D eigenvalue weighted by Crippen LogP contribution is 2.24. The molecule has 0 spiro atoms. The van der Waals surface area contributed by atoms with Crippen LogP contribution in [0.15, 0.2) is 0 Å². The summed E-state index contributed by atoms with van der Waals surface area (Å²) in [6, 6.07) is 1.17. The monoisotopic (exact) mass is 312 g/mol. The van der Waals surface area contributed by atoms with Gasteiger partial charge in [-0.3, -0.25) is 9.58 Å². The van der Waals surface area contributed by atoms with Crippen LogP contribution in [0, 0.1) is 12.8 Å². The first kappa shape index (κ1) is 16.8. The number of halogens is 1. The molecule has 1 aromatic rings. The maximum atomic E-state index is 6.42. The van der Waals surface area contributed by atoms with Gasteiger partial charge in [0.25, 0.3) is 0 Å².